The molecule has 0 aromatic heterocycles. The van der Waals surface area contributed by atoms with Crippen LogP contribution in [0.2, 0.25) is 0 Å². The molecule has 0 aliphatic carbocycles. The van der Waals surface area contributed by atoms with Gasteiger partial charge in [-0.15, -0.1) is 0 Å². The Hall–Kier alpha value is -3.68. The number of nitrogens with zero attached hydrogens (tertiary/aromatic N) is 1. The second-order valence-electron chi connectivity index (χ2n) is 4.71. The number of phenols is 1. The number of nitro groups is 1. The fraction of sp³-hybridized carbons (Fsp3) is 0. The van der Waals surface area contributed by atoms with E-state index in [4.69, 9.17) is 5.11 Å². The Morgan fingerprint density at radius 3 is 2.54 bits per heavy atom. The molecule has 24 heavy (non-hydrogen) atoms. The first-order chi connectivity index (χ1) is 11.4. The molecule has 0 heterocycles. The number of hydrogen-bond donors (Lipinski definition) is 3. The van der Waals surface area contributed by atoms with Gasteiger partial charge >= 0.3 is 5.97 Å². The van der Waals surface area contributed by atoms with Gasteiger partial charge < -0.3 is 15.5 Å². The Labute approximate surface area is 135 Å². The molecular weight excluding hydrogens is 316 g/mol. The van der Waals surface area contributed by atoms with Crippen LogP contribution in [0, 0.1) is 10.1 Å². The van der Waals surface area contributed by atoms with Crippen LogP contribution in [0.5, 0.6) is 5.75 Å². The van der Waals surface area contributed by atoms with E-state index in [0.29, 0.717) is 5.56 Å². The summed E-state index contributed by atoms with van der Waals surface area (Å²) in [7, 11) is 0. The number of anilines is 1. The Bertz CT molecular complexity index is 844. The number of rotatable bonds is 5. The highest BCUT2D eigenvalue weighted by atomic mass is 16.6. The summed E-state index contributed by atoms with van der Waals surface area (Å²) in [5.41, 5.74) is 0.321. The number of carboxylic acid groups (broad SMARTS) is 1. The van der Waals surface area contributed by atoms with Crippen LogP contribution in [0.25, 0.3) is 6.08 Å². The zero-order valence-corrected chi connectivity index (χ0v) is 12.2. The van der Waals surface area contributed by atoms with Crippen LogP contribution in [0.4, 0.5) is 11.4 Å². The van der Waals surface area contributed by atoms with Gasteiger partial charge in [0.1, 0.15) is 11.3 Å². The molecular formula is C16H12N2O6. The van der Waals surface area contributed by atoms with E-state index in [1.165, 1.54) is 36.4 Å². The molecule has 0 fully saturated rings. The van der Waals surface area contributed by atoms with E-state index in [2.05, 4.69) is 5.32 Å². The first-order valence-corrected chi connectivity index (χ1v) is 6.66. The van der Waals surface area contributed by atoms with E-state index in [0.717, 1.165) is 12.1 Å². The quantitative estimate of drug-likeness (QED) is 0.439. The average molecular weight is 328 g/mol. The van der Waals surface area contributed by atoms with Crippen molar-refractivity contribution in [3.05, 3.63) is 69.8 Å². The predicted octanol–water partition coefficient (Wildman–Crippen LogP) is 2.65. The van der Waals surface area contributed by atoms with Crippen molar-refractivity contribution in [1.29, 1.82) is 0 Å². The number of nitrogens with one attached hydrogen (secondary N) is 1. The lowest BCUT2D eigenvalue weighted by Crippen LogP contribution is -2.08. The summed E-state index contributed by atoms with van der Waals surface area (Å²) in [6.07, 6.45) is 2.56. The van der Waals surface area contributed by atoms with E-state index < -0.39 is 22.5 Å². The Balaban J connectivity index is 2.08. The highest BCUT2D eigenvalue weighted by Crippen LogP contribution is 2.22. The Morgan fingerprint density at radius 1 is 1.17 bits per heavy atom. The first-order valence-electron chi connectivity index (χ1n) is 6.66. The fourth-order valence-electron chi connectivity index (χ4n) is 1.89. The fourth-order valence-corrected chi connectivity index (χ4v) is 1.89. The van der Waals surface area contributed by atoms with Crippen LogP contribution >= 0.6 is 0 Å². The topological polar surface area (TPSA) is 130 Å². The van der Waals surface area contributed by atoms with Crippen LogP contribution in [-0.4, -0.2) is 27.0 Å². The molecule has 122 valence electrons. The second-order valence-corrected chi connectivity index (χ2v) is 4.71. The number of amides is 1. The SMILES string of the molecule is O=C(/C=C/c1cccc([N+](=O)[O-])c1)Nc1ccc(C(=O)O)c(O)c1. The first kappa shape index (κ1) is 16.7. The molecule has 2 rings (SSSR count). The van der Waals surface area contributed by atoms with Crippen LogP contribution in [0.1, 0.15) is 15.9 Å². The molecule has 0 aliphatic heterocycles. The minimum atomic E-state index is -1.28. The Morgan fingerprint density at radius 2 is 1.92 bits per heavy atom. The van der Waals surface area contributed by atoms with Gasteiger partial charge in [-0.3, -0.25) is 14.9 Å². The van der Waals surface area contributed by atoms with Gasteiger partial charge in [0.2, 0.25) is 5.91 Å². The number of carbonyl (C=O) groups excluding carboxylic acids is 1. The number of hydrogen-bond acceptors (Lipinski definition) is 5. The third-order valence-electron chi connectivity index (χ3n) is 3.00. The average Bonchev–Trinajstić information content (AvgIpc) is 2.53. The molecule has 2 aromatic carbocycles. The summed E-state index contributed by atoms with van der Waals surface area (Å²) in [5.74, 6) is -2.29. The number of nitro benzene ring substituents is 1. The summed E-state index contributed by atoms with van der Waals surface area (Å²) in [5, 5.41) is 31.5. The number of aromatic carboxylic acids is 1. The summed E-state index contributed by atoms with van der Waals surface area (Å²) in [4.78, 5) is 32.7. The van der Waals surface area contributed by atoms with E-state index in [1.807, 2.05) is 0 Å². The van der Waals surface area contributed by atoms with Gasteiger partial charge in [-0.2, -0.15) is 0 Å². The largest absolute Gasteiger partial charge is 0.507 e. The van der Waals surface area contributed by atoms with Crippen molar-refractivity contribution >= 4 is 29.3 Å². The van der Waals surface area contributed by atoms with Crippen molar-refractivity contribution in [2.24, 2.45) is 0 Å². The summed E-state index contributed by atoms with van der Waals surface area (Å²) >= 11 is 0. The number of carboxylic acids is 1. The van der Waals surface area contributed by atoms with E-state index >= 15 is 0 Å². The molecule has 2 aromatic rings. The van der Waals surface area contributed by atoms with Crippen LogP contribution in [0.3, 0.4) is 0 Å². The second kappa shape index (κ2) is 7.05. The van der Waals surface area contributed by atoms with Gasteiger partial charge in [0.25, 0.3) is 5.69 Å². The molecule has 0 saturated carbocycles. The van der Waals surface area contributed by atoms with Crippen LogP contribution < -0.4 is 5.32 Å². The van der Waals surface area contributed by atoms with E-state index in [1.54, 1.807) is 6.07 Å². The summed E-state index contributed by atoms with van der Waals surface area (Å²) < 4.78 is 0. The molecule has 0 aliphatic rings. The molecule has 8 heteroatoms. The van der Waals surface area contributed by atoms with E-state index in [-0.39, 0.29) is 16.9 Å². The number of carbonyl (C=O) groups is 2. The molecule has 0 radical (unpaired) electrons. The number of aromatic hydroxyl groups is 1. The highest BCUT2D eigenvalue weighted by molar-refractivity contribution is 6.02. The Kier molecular flexibility index (Phi) is 4.90. The minimum absolute atomic E-state index is 0.0910. The molecule has 1 amide bonds. The van der Waals surface area contributed by atoms with Crippen molar-refractivity contribution in [3.63, 3.8) is 0 Å². The zero-order chi connectivity index (χ0) is 17.7. The van der Waals surface area contributed by atoms with Crippen LogP contribution in [0.15, 0.2) is 48.5 Å². The maximum Gasteiger partial charge on any atom is 0.339 e. The van der Waals surface area contributed by atoms with Crippen molar-refractivity contribution in [2.45, 2.75) is 0 Å². The molecule has 0 atom stereocenters. The van der Waals surface area contributed by atoms with Gasteiger partial charge in [-0.25, -0.2) is 4.79 Å². The van der Waals surface area contributed by atoms with E-state index in [9.17, 15) is 24.8 Å². The molecule has 8 nitrogen and oxygen atoms in total. The molecule has 0 unspecified atom stereocenters. The number of non-ortho nitro benzene ring substituents is 1. The smallest absolute Gasteiger partial charge is 0.339 e. The van der Waals surface area contributed by atoms with Gasteiger partial charge in [-0.05, 0) is 23.8 Å². The van der Waals surface area contributed by atoms with Crippen LogP contribution in [-0.2, 0) is 4.79 Å². The lowest BCUT2D eigenvalue weighted by molar-refractivity contribution is -0.384. The lowest BCUT2D eigenvalue weighted by atomic mass is 10.1. The van der Waals surface area contributed by atoms with Crippen molar-refractivity contribution in [2.75, 3.05) is 5.32 Å². The molecule has 0 saturated heterocycles. The summed E-state index contributed by atoms with van der Waals surface area (Å²) in [6, 6.07) is 9.37. The maximum atomic E-state index is 11.8. The third kappa shape index (κ3) is 4.17. The lowest BCUT2D eigenvalue weighted by Gasteiger charge is -2.05. The van der Waals surface area contributed by atoms with Gasteiger partial charge in [-0.1, -0.05) is 12.1 Å². The molecule has 0 spiro atoms. The maximum absolute atomic E-state index is 11.8. The summed E-state index contributed by atoms with van der Waals surface area (Å²) in [6.45, 7) is 0. The van der Waals surface area contributed by atoms with Gasteiger partial charge in [0, 0.05) is 30.0 Å². The van der Waals surface area contributed by atoms with Crippen molar-refractivity contribution in [1.82, 2.24) is 0 Å². The highest BCUT2D eigenvalue weighted by Gasteiger charge is 2.10. The van der Waals surface area contributed by atoms with Gasteiger partial charge in [0.15, 0.2) is 0 Å². The normalized spacial score (nSPS) is 10.5. The minimum Gasteiger partial charge on any atom is -0.507 e. The standard InChI is InChI=1S/C16H12N2O6/c19-14-9-11(5-6-13(14)16(21)22)17-15(20)7-4-10-2-1-3-12(8-10)18(23)24/h1-9,19H,(H,17,20)(H,21,22)/b7-4+. The van der Waals surface area contributed by atoms with Gasteiger partial charge in [0.05, 0.1) is 4.92 Å². The molecule has 0 bridgehead atoms. The zero-order valence-electron chi connectivity index (χ0n) is 12.2. The molecule has 3 N–H and O–H groups in total. The van der Waals surface area contributed by atoms with Crippen molar-refractivity contribution in [3.8, 4) is 5.75 Å². The monoisotopic (exact) mass is 328 g/mol. The number of benzene rings is 2. The predicted molar refractivity (Wildman–Crippen MR) is 85.8 cm³/mol. The van der Waals surface area contributed by atoms with Crippen molar-refractivity contribution < 1.29 is 24.7 Å². The third-order valence-corrected chi connectivity index (χ3v) is 3.00.